The summed E-state index contributed by atoms with van der Waals surface area (Å²) in [6, 6.07) is 13.4. The van der Waals surface area contributed by atoms with Gasteiger partial charge >= 0.3 is 0 Å². The zero-order chi connectivity index (χ0) is 18.7. The Kier molecular flexibility index (Phi) is 6.50. The molecular weight excluding hydrogens is 481 g/mol. The molecule has 1 amide bonds. The van der Waals surface area contributed by atoms with Crippen molar-refractivity contribution < 1.29 is 4.79 Å². The molecule has 2 aromatic carbocycles. The lowest BCUT2D eigenvalue weighted by molar-refractivity contribution is 0.0985. The van der Waals surface area contributed by atoms with Crippen molar-refractivity contribution in [2.24, 2.45) is 0 Å². The number of nitrogens with zero attached hydrogens (tertiary/aromatic N) is 3. The Labute approximate surface area is 175 Å². The third-order valence-corrected chi connectivity index (χ3v) is 6.22. The van der Waals surface area contributed by atoms with Gasteiger partial charge in [-0.1, -0.05) is 41.1 Å². The lowest BCUT2D eigenvalue weighted by Crippen LogP contribution is -2.33. The summed E-state index contributed by atoms with van der Waals surface area (Å²) >= 11 is 9.98. The Morgan fingerprint density at radius 2 is 1.92 bits per heavy atom. The molecule has 136 valence electrons. The Bertz CT molecular complexity index is 928. The summed E-state index contributed by atoms with van der Waals surface area (Å²) in [5.41, 5.74) is 1.45. The van der Waals surface area contributed by atoms with Gasteiger partial charge in [0.05, 0.1) is 15.3 Å². The Hall–Kier alpha value is -1.22. The van der Waals surface area contributed by atoms with Crippen LogP contribution in [0.4, 0.5) is 5.13 Å². The number of anilines is 1. The van der Waals surface area contributed by atoms with Gasteiger partial charge in [0, 0.05) is 10.1 Å². The van der Waals surface area contributed by atoms with E-state index in [2.05, 4.69) is 32.5 Å². The van der Waals surface area contributed by atoms with Crippen molar-refractivity contribution in [3.8, 4) is 0 Å². The molecule has 4 nitrogen and oxygen atoms in total. The molecule has 7 heteroatoms. The van der Waals surface area contributed by atoms with Crippen molar-refractivity contribution in [1.29, 1.82) is 0 Å². The van der Waals surface area contributed by atoms with Crippen LogP contribution in [0.3, 0.4) is 0 Å². The largest absolute Gasteiger partial charge is 0.309 e. The number of fused-ring (bicyclic) bond motifs is 1. The Balaban J connectivity index is 1.97. The lowest BCUT2D eigenvalue weighted by atomic mass is 10.2. The summed E-state index contributed by atoms with van der Waals surface area (Å²) in [6.45, 7) is 1.51. The number of rotatable bonds is 6. The number of benzene rings is 2. The van der Waals surface area contributed by atoms with Crippen molar-refractivity contribution in [2.75, 3.05) is 32.1 Å². The van der Waals surface area contributed by atoms with E-state index in [0.29, 0.717) is 22.3 Å². The van der Waals surface area contributed by atoms with Crippen LogP contribution in [0.1, 0.15) is 16.8 Å². The second-order valence-corrected chi connectivity index (χ2v) is 8.75. The van der Waals surface area contributed by atoms with Gasteiger partial charge in [0.1, 0.15) is 5.52 Å². The normalized spacial score (nSPS) is 11.3. The molecule has 0 N–H and O–H groups in total. The van der Waals surface area contributed by atoms with Crippen LogP contribution in [0.5, 0.6) is 0 Å². The molecule has 0 saturated heterocycles. The van der Waals surface area contributed by atoms with Gasteiger partial charge in [-0.15, -0.1) is 0 Å². The van der Waals surface area contributed by atoms with Crippen LogP contribution in [-0.2, 0) is 0 Å². The van der Waals surface area contributed by atoms with Crippen molar-refractivity contribution in [3.05, 3.63) is 56.6 Å². The van der Waals surface area contributed by atoms with Gasteiger partial charge in [-0.25, -0.2) is 4.98 Å². The first-order chi connectivity index (χ1) is 12.5. The molecule has 0 spiro atoms. The van der Waals surface area contributed by atoms with E-state index < -0.39 is 0 Å². The van der Waals surface area contributed by atoms with E-state index >= 15 is 0 Å². The molecule has 3 aromatic rings. The predicted molar refractivity (Wildman–Crippen MR) is 119 cm³/mol. The molecule has 3 rings (SSSR count). The molecule has 0 aliphatic heterocycles. The van der Waals surface area contributed by atoms with Crippen LogP contribution < -0.4 is 4.90 Å². The van der Waals surface area contributed by atoms with Crippen LogP contribution in [-0.4, -0.2) is 43.0 Å². The van der Waals surface area contributed by atoms with Crippen molar-refractivity contribution in [3.63, 3.8) is 0 Å². The van der Waals surface area contributed by atoms with Gasteiger partial charge in [0.15, 0.2) is 5.13 Å². The lowest BCUT2D eigenvalue weighted by Gasteiger charge is -2.21. The number of halogens is 2. The quantitative estimate of drug-likeness (QED) is 0.440. The van der Waals surface area contributed by atoms with E-state index in [1.54, 1.807) is 4.90 Å². The van der Waals surface area contributed by atoms with E-state index in [4.69, 9.17) is 11.6 Å². The number of hydrogen-bond donors (Lipinski definition) is 0. The third-order valence-electron chi connectivity index (χ3n) is 3.93. The first-order valence-electron chi connectivity index (χ1n) is 8.23. The highest BCUT2D eigenvalue weighted by atomic mass is 127. The summed E-state index contributed by atoms with van der Waals surface area (Å²) in [5.74, 6) is -0.0241. The van der Waals surface area contributed by atoms with E-state index in [1.807, 2.05) is 56.6 Å². The zero-order valence-corrected chi connectivity index (χ0v) is 18.3. The average molecular weight is 500 g/mol. The number of para-hydroxylation sites is 1. The molecule has 26 heavy (non-hydrogen) atoms. The van der Waals surface area contributed by atoms with Crippen LogP contribution >= 0.6 is 45.5 Å². The topological polar surface area (TPSA) is 36.4 Å². The molecule has 0 unspecified atom stereocenters. The minimum absolute atomic E-state index is 0.0241. The highest BCUT2D eigenvalue weighted by Crippen LogP contribution is 2.33. The van der Waals surface area contributed by atoms with E-state index in [0.717, 1.165) is 26.8 Å². The van der Waals surface area contributed by atoms with E-state index in [9.17, 15) is 4.79 Å². The van der Waals surface area contributed by atoms with Crippen LogP contribution in [0, 0.1) is 3.57 Å². The smallest absolute Gasteiger partial charge is 0.261 e. The van der Waals surface area contributed by atoms with E-state index in [-0.39, 0.29) is 5.91 Å². The summed E-state index contributed by atoms with van der Waals surface area (Å²) in [4.78, 5) is 21.8. The SMILES string of the molecule is CN(C)CCCN(C(=O)c1ccccc1I)c1nc2c(Cl)cccc2s1. The van der Waals surface area contributed by atoms with Crippen molar-refractivity contribution in [1.82, 2.24) is 9.88 Å². The Morgan fingerprint density at radius 3 is 2.62 bits per heavy atom. The first kappa shape index (κ1) is 19.5. The second kappa shape index (κ2) is 8.65. The van der Waals surface area contributed by atoms with E-state index in [1.165, 1.54) is 11.3 Å². The minimum Gasteiger partial charge on any atom is -0.309 e. The molecule has 1 heterocycles. The standard InChI is InChI=1S/C19H19ClIN3OS/c1-23(2)11-6-12-24(18(25)13-7-3-4-9-15(13)21)19-22-17-14(20)8-5-10-16(17)26-19/h3-5,7-10H,6,11-12H2,1-2H3. The van der Waals surface area contributed by atoms with Gasteiger partial charge < -0.3 is 4.90 Å². The summed E-state index contributed by atoms with van der Waals surface area (Å²) in [5, 5.41) is 1.30. The molecule has 0 atom stereocenters. The first-order valence-corrected chi connectivity index (χ1v) is 10.5. The molecular formula is C19H19ClIN3OS. The van der Waals surface area contributed by atoms with Gasteiger partial charge in [0.2, 0.25) is 0 Å². The maximum Gasteiger partial charge on any atom is 0.261 e. The fourth-order valence-corrected chi connectivity index (χ4v) is 4.54. The molecule has 0 aliphatic rings. The number of amides is 1. The molecule has 0 aliphatic carbocycles. The monoisotopic (exact) mass is 499 g/mol. The van der Waals surface area contributed by atoms with Crippen molar-refractivity contribution in [2.45, 2.75) is 6.42 Å². The highest BCUT2D eigenvalue weighted by molar-refractivity contribution is 14.1. The highest BCUT2D eigenvalue weighted by Gasteiger charge is 2.23. The number of carbonyl (C=O) groups is 1. The van der Waals surface area contributed by atoms with Crippen molar-refractivity contribution >= 4 is 66.8 Å². The third kappa shape index (κ3) is 4.36. The fourth-order valence-electron chi connectivity index (χ4n) is 2.63. The summed E-state index contributed by atoms with van der Waals surface area (Å²) in [6.07, 6.45) is 0.867. The van der Waals surface area contributed by atoms with Gasteiger partial charge in [-0.2, -0.15) is 0 Å². The predicted octanol–water partition coefficient (Wildman–Crippen LogP) is 5.15. The van der Waals surface area contributed by atoms with Gasteiger partial charge in [-0.05, 0) is 73.9 Å². The zero-order valence-electron chi connectivity index (χ0n) is 14.6. The number of carbonyl (C=O) groups excluding carboxylic acids is 1. The molecule has 0 bridgehead atoms. The average Bonchev–Trinajstić information content (AvgIpc) is 3.03. The maximum absolute atomic E-state index is 13.2. The number of aromatic nitrogens is 1. The number of thiazole rings is 1. The number of hydrogen-bond acceptors (Lipinski definition) is 4. The van der Waals surface area contributed by atoms with Gasteiger partial charge in [-0.3, -0.25) is 9.69 Å². The molecule has 1 aromatic heterocycles. The van der Waals surface area contributed by atoms with Crippen LogP contribution in [0.25, 0.3) is 10.2 Å². The van der Waals surface area contributed by atoms with Crippen LogP contribution in [0.15, 0.2) is 42.5 Å². The Morgan fingerprint density at radius 1 is 1.15 bits per heavy atom. The summed E-state index contributed by atoms with van der Waals surface area (Å²) in [7, 11) is 4.06. The molecule has 0 fully saturated rings. The van der Waals surface area contributed by atoms with Gasteiger partial charge in [0.25, 0.3) is 5.91 Å². The maximum atomic E-state index is 13.2. The minimum atomic E-state index is -0.0241. The second-order valence-electron chi connectivity index (χ2n) is 6.18. The molecule has 0 saturated carbocycles. The molecule has 0 radical (unpaired) electrons. The fraction of sp³-hybridized carbons (Fsp3) is 0.263. The van der Waals surface area contributed by atoms with Crippen LogP contribution in [0.2, 0.25) is 5.02 Å². The summed E-state index contributed by atoms with van der Waals surface area (Å²) < 4.78 is 1.92.